The topological polar surface area (TPSA) is 40.6 Å². The van der Waals surface area contributed by atoms with Crippen molar-refractivity contribution in [3.05, 3.63) is 21.3 Å². The van der Waals surface area contributed by atoms with E-state index in [4.69, 9.17) is 11.6 Å². The fourth-order valence-corrected chi connectivity index (χ4v) is 4.34. The molecule has 1 saturated carbocycles. The second kappa shape index (κ2) is 5.04. The number of hydrogen-bond donors (Lipinski definition) is 0. The molecule has 2 aliphatic rings. The number of thiophene rings is 1. The number of carbonyl (C=O) groups excluding carboxylic acids is 2. The Morgan fingerprint density at radius 1 is 1.25 bits per heavy atom. The molecule has 3 rings (SSSR count). The van der Waals surface area contributed by atoms with Gasteiger partial charge in [0, 0.05) is 11.9 Å². The smallest absolute Gasteiger partial charge is 0.313 e. The van der Waals surface area contributed by atoms with Crippen molar-refractivity contribution in [3.63, 3.8) is 0 Å². The minimum atomic E-state index is -0.587. The lowest BCUT2D eigenvalue weighted by atomic mass is 9.81. The van der Waals surface area contributed by atoms with Crippen LogP contribution in [-0.2, 0) is 11.3 Å². The molecule has 1 saturated heterocycles. The van der Waals surface area contributed by atoms with E-state index < -0.39 is 5.54 Å². The van der Waals surface area contributed by atoms with E-state index in [1.165, 1.54) is 16.2 Å². The second-order valence-corrected chi connectivity index (χ2v) is 7.33. The van der Waals surface area contributed by atoms with E-state index in [1.807, 2.05) is 6.07 Å². The molecule has 108 valence electrons. The minimum Gasteiger partial charge on any atom is -0.313 e. The van der Waals surface area contributed by atoms with E-state index in [9.17, 15) is 9.59 Å². The highest BCUT2D eigenvalue weighted by Crippen LogP contribution is 2.40. The molecule has 1 aromatic heterocycles. The van der Waals surface area contributed by atoms with Crippen molar-refractivity contribution in [2.45, 2.75) is 44.2 Å². The number of nitrogens with zero attached hydrogens (tertiary/aromatic N) is 2. The standard InChI is InChI=1S/C14H17ClN2O2S/c1-16-13(19)17(9-10-5-6-11(15)20-10)12(18)14(16)7-3-2-4-8-14/h5-6H,2-4,7-9H2,1H3. The molecule has 2 heterocycles. The number of rotatable bonds is 2. The molecule has 0 radical (unpaired) electrons. The summed E-state index contributed by atoms with van der Waals surface area (Å²) in [5.41, 5.74) is -0.587. The van der Waals surface area contributed by atoms with Crippen LogP contribution in [0, 0.1) is 0 Å². The Morgan fingerprint density at radius 2 is 1.95 bits per heavy atom. The molecule has 20 heavy (non-hydrogen) atoms. The highest BCUT2D eigenvalue weighted by Gasteiger charge is 2.55. The summed E-state index contributed by atoms with van der Waals surface area (Å²) in [6.07, 6.45) is 4.76. The van der Waals surface area contributed by atoms with Crippen molar-refractivity contribution in [2.75, 3.05) is 7.05 Å². The zero-order valence-corrected chi connectivity index (χ0v) is 13.0. The molecular formula is C14H17ClN2O2S. The Balaban J connectivity index is 1.85. The van der Waals surface area contributed by atoms with Gasteiger partial charge in [-0.2, -0.15) is 0 Å². The summed E-state index contributed by atoms with van der Waals surface area (Å²) >= 11 is 7.32. The van der Waals surface area contributed by atoms with E-state index in [0.717, 1.165) is 37.0 Å². The average molecular weight is 313 g/mol. The first-order chi connectivity index (χ1) is 9.54. The third-order valence-electron chi connectivity index (χ3n) is 4.43. The largest absolute Gasteiger partial charge is 0.327 e. The Morgan fingerprint density at radius 3 is 2.55 bits per heavy atom. The normalized spacial score (nSPS) is 22.1. The maximum atomic E-state index is 12.7. The number of carbonyl (C=O) groups is 2. The van der Waals surface area contributed by atoms with Crippen LogP contribution >= 0.6 is 22.9 Å². The number of imide groups is 1. The first kappa shape index (κ1) is 13.9. The summed E-state index contributed by atoms with van der Waals surface area (Å²) in [6, 6.07) is 3.49. The Kier molecular flexibility index (Phi) is 3.50. The molecule has 2 fully saturated rings. The van der Waals surface area contributed by atoms with Crippen molar-refractivity contribution < 1.29 is 9.59 Å². The van der Waals surface area contributed by atoms with E-state index in [1.54, 1.807) is 18.0 Å². The lowest BCUT2D eigenvalue weighted by Gasteiger charge is -2.35. The number of hydrogen-bond acceptors (Lipinski definition) is 3. The van der Waals surface area contributed by atoms with Crippen molar-refractivity contribution in [2.24, 2.45) is 0 Å². The van der Waals surface area contributed by atoms with Gasteiger partial charge in [-0.05, 0) is 25.0 Å². The third kappa shape index (κ3) is 2.04. The molecule has 3 amide bonds. The van der Waals surface area contributed by atoms with Gasteiger partial charge < -0.3 is 4.90 Å². The number of likely N-dealkylation sites (N-methyl/N-ethyl adjacent to an activating group) is 1. The third-order valence-corrected chi connectivity index (χ3v) is 5.64. The molecule has 0 N–H and O–H groups in total. The van der Waals surface area contributed by atoms with Gasteiger partial charge in [0.1, 0.15) is 5.54 Å². The lowest BCUT2D eigenvalue weighted by Crippen LogP contribution is -2.49. The molecule has 0 aromatic carbocycles. The predicted octanol–water partition coefficient (Wildman–Crippen LogP) is 3.50. The highest BCUT2D eigenvalue weighted by molar-refractivity contribution is 7.16. The molecule has 1 aromatic rings. The van der Waals surface area contributed by atoms with Crippen molar-refractivity contribution in [1.29, 1.82) is 0 Å². The molecule has 0 unspecified atom stereocenters. The monoisotopic (exact) mass is 312 g/mol. The predicted molar refractivity (Wildman–Crippen MR) is 78.9 cm³/mol. The van der Waals surface area contributed by atoms with Gasteiger partial charge in [0.25, 0.3) is 5.91 Å². The fourth-order valence-electron chi connectivity index (χ4n) is 3.26. The van der Waals surface area contributed by atoms with Crippen molar-refractivity contribution in [3.8, 4) is 0 Å². The molecule has 1 aliphatic carbocycles. The molecule has 1 aliphatic heterocycles. The van der Waals surface area contributed by atoms with Gasteiger partial charge in [-0.15, -0.1) is 11.3 Å². The first-order valence-electron chi connectivity index (χ1n) is 6.88. The van der Waals surface area contributed by atoms with Crippen LogP contribution < -0.4 is 0 Å². The van der Waals surface area contributed by atoms with Crippen LogP contribution in [0.25, 0.3) is 0 Å². The van der Waals surface area contributed by atoms with Crippen LogP contribution in [0.2, 0.25) is 4.34 Å². The number of halogens is 1. The summed E-state index contributed by atoms with van der Waals surface area (Å²) in [4.78, 5) is 29.1. The second-order valence-electron chi connectivity index (χ2n) is 5.53. The first-order valence-corrected chi connectivity index (χ1v) is 8.08. The van der Waals surface area contributed by atoms with Gasteiger partial charge >= 0.3 is 6.03 Å². The van der Waals surface area contributed by atoms with Crippen molar-refractivity contribution in [1.82, 2.24) is 9.80 Å². The highest BCUT2D eigenvalue weighted by atomic mass is 35.5. The molecular weight excluding hydrogens is 296 g/mol. The molecule has 1 spiro atoms. The summed E-state index contributed by atoms with van der Waals surface area (Å²) in [6.45, 7) is 0.334. The quantitative estimate of drug-likeness (QED) is 0.784. The zero-order chi connectivity index (χ0) is 14.3. The summed E-state index contributed by atoms with van der Waals surface area (Å²) in [5, 5.41) is 0. The maximum absolute atomic E-state index is 12.7. The van der Waals surface area contributed by atoms with Gasteiger partial charge in [0.05, 0.1) is 10.9 Å². The van der Waals surface area contributed by atoms with E-state index in [0.29, 0.717) is 10.9 Å². The van der Waals surface area contributed by atoms with Gasteiger partial charge in [-0.3, -0.25) is 9.69 Å². The zero-order valence-electron chi connectivity index (χ0n) is 11.4. The van der Waals surface area contributed by atoms with E-state index >= 15 is 0 Å². The van der Waals surface area contributed by atoms with Crippen LogP contribution in [0.4, 0.5) is 4.79 Å². The Labute approximate surface area is 127 Å². The van der Waals surface area contributed by atoms with E-state index in [-0.39, 0.29) is 11.9 Å². The average Bonchev–Trinajstić information content (AvgIpc) is 2.93. The molecule has 6 heteroatoms. The van der Waals surface area contributed by atoms with Crippen LogP contribution in [0.3, 0.4) is 0 Å². The van der Waals surface area contributed by atoms with Crippen LogP contribution in [0.15, 0.2) is 12.1 Å². The summed E-state index contributed by atoms with van der Waals surface area (Å²) in [5.74, 6) is -0.0331. The van der Waals surface area contributed by atoms with Crippen LogP contribution in [-0.4, -0.2) is 34.3 Å². The molecule has 4 nitrogen and oxygen atoms in total. The van der Waals surface area contributed by atoms with Gasteiger partial charge in [0.15, 0.2) is 0 Å². The fraction of sp³-hybridized carbons (Fsp3) is 0.571. The maximum Gasteiger partial charge on any atom is 0.327 e. The number of urea groups is 1. The molecule has 0 atom stereocenters. The van der Waals surface area contributed by atoms with Crippen LogP contribution in [0.1, 0.15) is 37.0 Å². The van der Waals surface area contributed by atoms with Crippen molar-refractivity contribution >= 4 is 34.9 Å². The molecule has 0 bridgehead atoms. The Hall–Kier alpha value is -1.07. The minimum absolute atomic E-state index is 0.0331. The van der Waals surface area contributed by atoms with Gasteiger partial charge in [0.2, 0.25) is 0 Å². The van der Waals surface area contributed by atoms with E-state index in [2.05, 4.69) is 0 Å². The lowest BCUT2D eigenvalue weighted by molar-refractivity contribution is -0.134. The van der Waals surface area contributed by atoms with Gasteiger partial charge in [-0.25, -0.2) is 4.79 Å². The van der Waals surface area contributed by atoms with Gasteiger partial charge in [-0.1, -0.05) is 30.9 Å². The summed E-state index contributed by atoms with van der Waals surface area (Å²) in [7, 11) is 1.76. The van der Waals surface area contributed by atoms with Crippen LogP contribution in [0.5, 0.6) is 0 Å². The number of amides is 3. The SMILES string of the molecule is CN1C(=O)N(Cc2ccc(Cl)s2)C(=O)C12CCCCC2. The Bertz CT molecular complexity index is 551. The summed E-state index contributed by atoms with van der Waals surface area (Å²) < 4.78 is 0.680.